The molecule has 2 heterocycles. The normalized spacial score (nSPS) is 12.0. The Hall–Kier alpha value is -1.90. The third-order valence-corrected chi connectivity index (χ3v) is 5.63. The van der Waals surface area contributed by atoms with Crippen molar-refractivity contribution in [2.75, 3.05) is 0 Å². The summed E-state index contributed by atoms with van der Waals surface area (Å²) in [5, 5.41) is 19.9. The van der Waals surface area contributed by atoms with Crippen molar-refractivity contribution in [3.63, 3.8) is 0 Å². The third kappa shape index (κ3) is 1.30. The van der Waals surface area contributed by atoms with Crippen LogP contribution in [0.2, 0.25) is 0 Å². The van der Waals surface area contributed by atoms with Crippen molar-refractivity contribution in [2.24, 2.45) is 0 Å². The van der Waals surface area contributed by atoms with E-state index in [1.54, 1.807) is 22.7 Å². The van der Waals surface area contributed by atoms with Crippen molar-refractivity contribution in [1.82, 2.24) is 0 Å². The molecule has 2 heteroatoms. The quantitative estimate of drug-likeness (QED) is 0.289. The van der Waals surface area contributed by atoms with Gasteiger partial charge in [0.1, 0.15) is 0 Å². The molecular weight excluding hydrogens is 280 g/mol. The van der Waals surface area contributed by atoms with Crippen molar-refractivity contribution >= 4 is 65.8 Å². The summed E-state index contributed by atoms with van der Waals surface area (Å²) >= 11 is 3.56. The molecule has 0 atom stereocenters. The minimum Gasteiger partial charge on any atom is -0.151 e. The highest BCUT2D eigenvalue weighted by Crippen LogP contribution is 2.36. The summed E-state index contributed by atoms with van der Waals surface area (Å²) in [4.78, 5) is 0. The summed E-state index contributed by atoms with van der Waals surface area (Å²) in [5.41, 5.74) is 0. The van der Waals surface area contributed by atoms with E-state index in [9.17, 15) is 0 Å². The summed E-state index contributed by atoms with van der Waals surface area (Å²) in [6.07, 6.45) is 0. The zero-order chi connectivity index (χ0) is 13.1. The van der Waals surface area contributed by atoms with E-state index in [2.05, 4.69) is 57.9 Å². The standard InChI is InChI=1S/C18H10S2/c1-3-13-14-4-2-12-8-20-10-18(12)16(14)6-5-15(13)17-9-19-7-11(1)17/h1-10H. The van der Waals surface area contributed by atoms with E-state index >= 15 is 0 Å². The molecule has 0 fully saturated rings. The molecule has 0 saturated heterocycles. The second-order valence-corrected chi connectivity index (χ2v) is 6.62. The number of hydrogen-bond donors (Lipinski definition) is 0. The molecule has 20 heavy (non-hydrogen) atoms. The van der Waals surface area contributed by atoms with Crippen LogP contribution in [-0.4, -0.2) is 0 Å². The molecule has 0 N–H and O–H groups in total. The molecular formula is C18H10S2. The molecule has 5 rings (SSSR count). The first-order chi connectivity index (χ1) is 9.92. The number of fused-ring (bicyclic) bond motifs is 7. The average molecular weight is 290 g/mol. The van der Waals surface area contributed by atoms with Gasteiger partial charge in [0.25, 0.3) is 0 Å². The predicted octanol–water partition coefficient (Wildman–Crippen LogP) is 6.42. The maximum atomic E-state index is 2.28. The highest BCUT2D eigenvalue weighted by molar-refractivity contribution is 7.09. The van der Waals surface area contributed by atoms with Gasteiger partial charge in [-0.25, -0.2) is 0 Å². The number of rotatable bonds is 0. The van der Waals surface area contributed by atoms with Crippen molar-refractivity contribution < 1.29 is 0 Å². The van der Waals surface area contributed by atoms with E-state index < -0.39 is 0 Å². The van der Waals surface area contributed by atoms with E-state index in [-0.39, 0.29) is 0 Å². The van der Waals surface area contributed by atoms with Crippen LogP contribution in [0.1, 0.15) is 0 Å². The molecule has 94 valence electrons. The number of hydrogen-bond acceptors (Lipinski definition) is 2. The molecule has 0 saturated carbocycles. The lowest BCUT2D eigenvalue weighted by molar-refractivity contribution is 1.88. The zero-order valence-corrected chi connectivity index (χ0v) is 12.2. The maximum Gasteiger partial charge on any atom is 0.000205 e. The summed E-state index contributed by atoms with van der Waals surface area (Å²) in [6, 6.07) is 13.6. The Balaban J connectivity index is 2.09. The van der Waals surface area contributed by atoms with Gasteiger partial charge in [-0.1, -0.05) is 36.4 Å². The van der Waals surface area contributed by atoms with Crippen LogP contribution in [0.5, 0.6) is 0 Å². The topological polar surface area (TPSA) is 0 Å². The lowest BCUT2D eigenvalue weighted by atomic mass is 9.97. The molecule has 2 aromatic heterocycles. The molecule has 0 aliphatic heterocycles. The van der Waals surface area contributed by atoms with Crippen molar-refractivity contribution in [3.8, 4) is 0 Å². The van der Waals surface area contributed by atoms with Gasteiger partial charge in [0.15, 0.2) is 0 Å². The van der Waals surface area contributed by atoms with Gasteiger partial charge in [-0.3, -0.25) is 0 Å². The summed E-state index contributed by atoms with van der Waals surface area (Å²) < 4.78 is 0. The molecule has 0 nitrogen and oxygen atoms in total. The van der Waals surface area contributed by atoms with Crippen LogP contribution in [0.15, 0.2) is 57.9 Å². The van der Waals surface area contributed by atoms with Gasteiger partial charge in [0.05, 0.1) is 0 Å². The first-order valence-corrected chi connectivity index (χ1v) is 8.47. The number of thiophene rings is 2. The van der Waals surface area contributed by atoms with E-state index in [4.69, 9.17) is 0 Å². The lowest BCUT2D eigenvalue weighted by Gasteiger charge is -2.06. The SMILES string of the molecule is c1cc2c(ccc3c4cscc4ccc32)c2cscc12. The van der Waals surface area contributed by atoms with Crippen LogP contribution in [-0.2, 0) is 0 Å². The highest BCUT2D eigenvalue weighted by Gasteiger charge is 2.07. The third-order valence-electron chi connectivity index (χ3n) is 4.11. The fourth-order valence-electron chi connectivity index (χ4n) is 3.12. The lowest BCUT2D eigenvalue weighted by Crippen LogP contribution is -1.79. The largest absolute Gasteiger partial charge is 0.151 e. The first-order valence-electron chi connectivity index (χ1n) is 6.58. The van der Waals surface area contributed by atoms with E-state index in [0.717, 1.165) is 0 Å². The van der Waals surface area contributed by atoms with Gasteiger partial charge >= 0.3 is 0 Å². The van der Waals surface area contributed by atoms with Crippen LogP contribution in [0.25, 0.3) is 43.1 Å². The van der Waals surface area contributed by atoms with Gasteiger partial charge in [-0.15, -0.1) is 0 Å². The summed E-state index contributed by atoms with van der Waals surface area (Å²) in [5.74, 6) is 0. The molecule has 0 spiro atoms. The van der Waals surface area contributed by atoms with Crippen molar-refractivity contribution in [2.45, 2.75) is 0 Å². The van der Waals surface area contributed by atoms with Crippen LogP contribution >= 0.6 is 22.7 Å². The van der Waals surface area contributed by atoms with Crippen molar-refractivity contribution in [3.05, 3.63) is 57.9 Å². The smallest absolute Gasteiger partial charge is 0.000205 e. The molecule has 3 aromatic carbocycles. The van der Waals surface area contributed by atoms with Crippen molar-refractivity contribution in [1.29, 1.82) is 0 Å². The Morgan fingerprint density at radius 2 is 0.800 bits per heavy atom. The first kappa shape index (κ1) is 10.8. The van der Waals surface area contributed by atoms with Gasteiger partial charge in [0, 0.05) is 10.8 Å². The Morgan fingerprint density at radius 1 is 0.400 bits per heavy atom. The molecule has 0 aliphatic carbocycles. The molecule has 5 aromatic rings. The van der Waals surface area contributed by atoms with Crippen LogP contribution in [0.4, 0.5) is 0 Å². The van der Waals surface area contributed by atoms with E-state index in [0.29, 0.717) is 0 Å². The number of benzene rings is 3. The van der Waals surface area contributed by atoms with Gasteiger partial charge in [-0.2, -0.15) is 22.7 Å². The molecule has 0 bridgehead atoms. The predicted molar refractivity (Wildman–Crippen MR) is 92.2 cm³/mol. The fourth-order valence-corrected chi connectivity index (χ4v) is 4.76. The van der Waals surface area contributed by atoms with Gasteiger partial charge in [-0.05, 0) is 53.8 Å². The van der Waals surface area contributed by atoms with Gasteiger partial charge < -0.3 is 0 Å². The van der Waals surface area contributed by atoms with Crippen LogP contribution < -0.4 is 0 Å². The molecule has 0 aliphatic rings. The van der Waals surface area contributed by atoms with E-state index in [1.807, 2.05) is 0 Å². The fraction of sp³-hybridized carbons (Fsp3) is 0. The average Bonchev–Trinajstić information content (AvgIpc) is 3.14. The van der Waals surface area contributed by atoms with Crippen LogP contribution in [0.3, 0.4) is 0 Å². The summed E-state index contributed by atoms with van der Waals surface area (Å²) in [6.45, 7) is 0. The molecule has 0 radical (unpaired) electrons. The Morgan fingerprint density at radius 3 is 1.30 bits per heavy atom. The molecule has 0 unspecified atom stereocenters. The summed E-state index contributed by atoms with van der Waals surface area (Å²) in [7, 11) is 0. The molecule has 0 amide bonds. The Kier molecular flexibility index (Phi) is 2.07. The van der Waals surface area contributed by atoms with Gasteiger partial charge in [0.2, 0.25) is 0 Å². The Bertz CT molecular complexity index is 1010. The minimum absolute atomic E-state index is 1.35. The van der Waals surface area contributed by atoms with E-state index in [1.165, 1.54) is 43.1 Å². The Labute approximate surface area is 123 Å². The highest BCUT2D eigenvalue weighted by atomic mass is 32.1. The van der Waals surface area contributed by atoms with Crippen LogP contribution in [0, 0.1) is 0 Å². The maximum absolute atomic E-state index is 2.28. The minimum atomic E-state index is 1.35. The monoisotopic (exact) mass is 290 g/mol. The second-order valence-electron chi connectivity index (χ2n) is 5.14. The zero-order valence-electron chi connectivity index (χ0n) is 10.6. The second kappa shape index (κ2) is 3.81.